The Hall–Kier alpha value is -0.160. The van der Waals surface area contributed by atoms with Crippen molar-refractivity contribution in [3.8, 4) is 0 Å². The fraction of sp³-hybridized carbons (Fsp3) is 1.00. The summed E-state index contributed by atoms with van der Waals surface area (Å²) in [6.07, 6.45) is -1.26. The molecule has 0 bridgehead atoms. The summed E-state index contributed by atoms with van der Waals surface area (Å²) in [6, 6.07) is 0. The zero-order valence-corrected chi connectivity index (χ0v) is 7.03. The van der Waals surface area contributed by atoms with Crippen LogP contribution in [0.2, 0.25) is 0 Å². The van der Waals surface area contributed by atoms with E-state index in [4.69, 9.17) is 14.6 Å². The Morgan fingerprint density at radius 3 is 2.64 bits per heavy atom. The van der Waals surface area contributed by atoms with Crippen LogP contribution in [0.4, 0.5) is 0 Å². The molecule has 0 aromatic heterocycles. The van der Waals surface area contributed by atoms with E-state index in [2.05, 4.69) is 4.74 Å². The smallest absolute Gasteiger partial charge is 0.183 e. The predicted molar refractivity (Wildman–Crippen MR) is 37.9 cm³/mol. The lowest BCUT2D eigenvalue weighted by molar-refractivity contribution is -0.191. The van der Waals surface area contributed by atoms with Gasteiger partial charge in [0.2, 0.25) is 0 Å². The summed E-state index contributed by atoms with van der Waals surface area (Å²) < 4.78 is 15.2. The molecule has 1 heterocycles. The number of hydrogen-bond acceptors (Lipinski definition) is 4. The minimum Gasteiger partial charge on any atom is -0.366 e. The van der Waals surface area contributed by atoms with Crippen LogP contribution in [0.1, 0.15) is 13.8 Å². The molecule has 1 rings (SSSR count). The molecule has 2 atom stereocenters. The molecule has 0 aromatic rings. The molecular weight excluding hydrogens is 148 g/mol. The van der Waals surface area contributed by atoms with Gasteiger partial charge in [-0.3, -0.25) is 0 Å². The van der Waals surface area contributed by atoms with Crippen molar-refractivity contribution in [1.82, 2.24) is 0 Å². The van der Waals surface area contributed by atoms with Gasteiger partial charge in [0.15, 0.2) is 12.1 Å². The standard InChI is InChI=1S/C7H14O4/c1-7(2)10-4-5(11-7)6(8)9-3/h5-6,8H,4H2,1-3H3. The molecule has 66 valence electrons. The zero-order chi connectivity index (χ0) is 8.48. The van der Waals surface area contributed by atoms with E-state index in [1.54, 1.807) is 13.8 Å². The first-order chi connectivity index (χ1) is 5.05. The SMILES string of the molecule is COC(O)C1COC(C)(C)O1. The lowest BCUT2D eigenvalue weighted by atomic mass is 10.3. The van der Waals surface area contributed by atoms with Crippen LogP contribution in [0, 0.1) is 0 Å². The average molecular weight is 162 g/mol. The van der Waals surface area contributed by atoms with Crippen molar-refractivity contribution in [2.75, 3.05) is 13.7 Å². The van der Waals surface area contributed by atoms with Gasteiger partial charge < -0.3 is 19.3 Å². The molecule has 2 unspecified atom stereocenters. The average Bonchev–Trinajstić information content (AvgIpc) is 2.29. The highest BCUT2D eigenvalue weighted by Gasteiger charge is 2.36. The van der Waals surface area contributed by atoms with Gasteiger partial charge in [-0.1, -0.05) is 0 Å². The molecule has 11 heavy (non-hydrogen) atoms. The van der Waals surface area contributed by atoms with Crippen molar-refractivity contribution in [2.45, 2.75) is 32.0 Å². The second-order valence-corrected chi connectivity index (χ2v) is 2.99. The third kappa shape index (κ3) is 2.13. The van der Waals surface area contributed by atoms with Crippen LogP contribution in [0.3, 0.4) is 0 Å². The second-order valence-electron chi connectivity index (χ2n) is 2.99. The number of hydrogen-bond donors (Lipinski definition) is 1. The monoisotopic (exact) mass is 162 g/mol. The minimum absolute atomic E-state index is 0.366. The Kier molecular flexibility index (Phi) is 2.49. The fourth-order valence-electron chi connectivity index (χ4n) is 1.01. The van der Waals surface area contributed by atoms with Gasteiger partial charge in [-0.2, -0.15) is 0 Å². The maximum Gasteiger partial charge on any atom is 0.183 e. The summed E-state index contributed by atoms with van der Waals surface area (Å²) in [5.41, 5.74) is 0. The van der Waals surface area contributed by atoms with Crippen molar-refractivity contribution in [3.63, 3.8) is 0 Å². The highest BCUT2D eigenvalue weighted by molar-refractivity contribution is 4.72. The number of aliphatic hydroxyl groups excluding tert-OH is 1. The summed E-state index contributed by atoms with van der Waals surface area (Å²) in [7, 11) is 1.43. The second kappa shape index (κ2) is 3.06. The van der Waals surface area contributed by atoms with Gasteiger partial charge >= 0.3 is 0 Å². The molecule has 1 aliphatic heterocycles. The summed E-state index contributed by atoms with van der Waals surface area (Å²) in [6.45, 7) is 3.98. The molecule has 0 amide bonds. The van der Waals surface area contributed by atoms with Gasteiger partial charge in [-0.05, 0) is 13.8 Å². The predicted octanol–water partition coefficient (Wildman–Crippen LogP) is 0.103. The van der Waals surface area contributed by atoms with Gasteiger partial charge in [0.25, 0.3) is 0 Å². The molecular formula is C7H14O4. The van der Waals surface area contributed by atoms with E-state index in [0.29, 0.717) is 6.61 Å². The number of aliphatic hydroxyl groups is 1. The molecule has 0 aliphatic carbocycles. The summed E-state index contributed by atoms with van der Waals surface area (Å²) in [5.74, 6) is -0.593. The van der Waals surface area contributed by atoms with E-state index in [0.717, 1.165) is 0 Å². The van der Waals surface area contributed by atoms with E-state index >= 15 is 0 Å². The van der Waals surface area contributed by atoms with Gasteiger partial charge in [0.1, 0.15) is 6.10 Å². The topological polar surface area (TPSA) is 47.9 Å². The van der Waals surface area contributed by atoms with Crippen molar-refractivity contribution >= 4 is 0 Å². The van der Waals surface area contributed by atoms with Crippen molar-refractivity contribution in [1.29, 1.82) is 0 Å². The largest absolute Gasteiger partial charge is 0.366 e. The Morgan fingerprint density at radius 1 is 1.64 bits per heavy atom. The minimum atomic E-state index is -0.892. The van der Waals surface area contributed by atoms with Crippen LogP contribution in [0.5, 0.6) is 0 Å². The quantitative estimate of drug-likeness (QED) is 0.585. The molecule has 4 nitrogen and oxygen atoms in total. The van der Waals surface area contributed by atoms with Crippen LogP contribution >= 0.6 is 0 Å². The first-order valence-corrected chi connectivity index (χ1v) is 3.58. The fourth-order valence-corrected chi connectivity index (χ4v) is 1.01. The third-order valence-electron chi connectivity index (χ3n) is 1.59. The van der Waals surface area contributed by atoms with Crippen molar-refractivity contribution < 1.29 is 19.3 Å². The lowest BCUT2D eigenvalue weighted by Gasteiger charge is -2.19. The summed E-state index contributed by atoms with van der Waals surface area (Å²) in [5, 5.41) is 9.16. The number of rotatable bonds is 2. The van der Waals surface area contributed by atoms with Crippen LogP contribution in [0.25, 0.3) is 0 Å². The molecule has 1 N–H and O–H groups in total. The van der Waals surface area contributed by atoms with Gasteiger partial charge in [0, 0.05) is 7.11 Å². The van der Waals surface area contributed by atoms with Gasteiger partial charge in [-0.25, -0.2) is 0 Å². The van der Waals surface area contributed by atoms with Crippen LogP contribution in [-0.2, 0) is 14.2 Å². The molecule has 0 aromatic carbocycles. The molecule has 0 radical (unpaired) electrons. The number of methoxy groups -OCH3 is 1. The normalized spacial score (nSPS) is 32.2. The van der Waals surface area contributed by atoms with E-state index in [9.17, 15) is 0 Å². The first-order valence-electron chi connectivity index (χ1n) is 3.58. The first kappa shape index (κ1) is 8.93. The number of ether oxygens (including phenoxy) is 3. The molecule has 0 saturated carbocycles. The summed E-state index contributed by atoms with van der Waals surface area (Å²) >= 11 is 0. The Balaban J connectivity index is 2.41. The Morgan fingerprint density at radius 2 is 2.27 bits per heavy atom. The van der Waals surface area contributed by atoms with Crippen LogP contribution in [0.15, 0.2) is 0 Å². The van der Waals surface area contributed by atoms with E-state index in [-0.39, 0.29) is 6.10 Å². The molecule has 0 spiro atoms. The lowest BCUT2D eigenvalue weighted by Crippen LogP contribution is -2.31. The third-order valence-corrected chi connectivity index (χ3v) is 1.59. The highest BCUT2D eigenvalue weighted by atomic mass is 16.8. The van der Waals surface area contributed by atoms with E-state index < -0.39 is 12.1 Å². The zero-order valence-electron chi connectivity index (χ0n) is 7.03. The van der Waals surface area contributed by atoms with Crippen LogP contribution < -0.4 is 0 Å². The highest BCUT2D eigenvalue weighted by Crippen LogP contribution is 2.24. The molecule has 1 aliphatic rings. The van der Waals surface area contributed by atoms with Crippen molar-refractivity contribution in [3.05, 3.63) is 0 Å². The van der Waals surface area contributed by atoms with Crippen molar-refractivity contribution in [2.24, 2.45) is 0 Å². The maximum atomic E-state index is 9.16. The van der Waals surface area contributed by atoms with Crippen LogP contribution in [-0.4, -0.2) is 37.0 Å². The van der Waals surface area contributed by atoms with Gasteiger partial charge in [-0.15, -0.1) is 0 Å². The molecule has 4 heteroatoms. The van der Waals surface area contributed by atoms with E-state index in [1.165, 1.54) is 7.11 Å². The van der Waals surface area contributed by atoms with E-state index in [1.807, 2.05) is 0 Å². The Labute approximate surface area is 66.1 Å². The summed E-state index contributed by atoms with van der Waals surface area (Å²) in [4.78, 5) is 0. The Bertz CT molecular complexity index is 134. The van der Waals surface area contributed by atoms with Gasteiger partial charge in [0.05, 0.1) is 6.61 Å². The maximum absolute atomic E-state index is 9.16. The molecule has 1 saturated heterocycles. The molecule has 1 fully saturated rings.